The zero-order chi connectivity index (χ0) is 14.6. The summed E-state index contributed by atoms with van der Waals surface area (Å²) in [7, 11) is 0. The molecule has 0 saturated carbocycles. The van der Waals surface area contributed by atoms with Gasteiger partial charge in [-0.15, -0.1) is 15.3 Å². The summed E-state index contributed by atoms with van der Waals surface area (Å²) in [4.78, 5) is 0. The Morgan fingerprint density at radius 3 is 2.76 bits per heavy atom. The number of ether oxygens (including phenoxy) is 1. The Morgan fingerprint density at radius 1 is 1.24 bits per heavy atom. The maximum absolute atomic E-state index is 5.89. The fourth-order valence-corrected chi connectivity index (χ4v) is 3.31. The summed E-state index contributed by atoms with van der Waals surface area (Å²) in [6.45, 7) is 6.36. The second-order valence-electron chi connectivity index (χ2n) is 7.12. The third-order valence-electron chi connectivity index (χ3n) is 4.37. The third kappa shape index (κ3) is 2.18. The minimum Gasteiger partial charge on any atom is -0.373 e. The number of nitrogens with zero attached hydrogens (tertiary/aromatic N) is 4. The molecule has 0 amide bonds. The number of hydrogen-bond donors (Lipinski definition) is 1. The number of rotatable bonds is 2. The molecular weight excluding hydrogens is 266 g/mol. The van der Waals surface area contributed by atoms with Gasteiger partial charge in [0, 0.05) is 5.41 Å². The van der Waals surface area contributed by atoms with Crippen molar-refractivity contribution in [3.05, 3.63) is 18.0 Å². The molecule has 2 aliphatic heterocycles. The minimum atomic E-state index is -0.0828. The molecule has 2 bridgehead atoms. The van der Waals surface area contributed by atoms with Gasteiger partial charge in [-0.25, -0.2) is 0 Å². The Labute approximate surface area is 123 Å². The maximum Gasteiger partial charge on any atom is 0.178 e. The molecule has 0 spiro atoms. The molecule has 2 fully saturated rings. The quantitative estimate of drug-likeness (QED) is 0.917. The van der Waals surface area contributed by atoms with Gasteiger partial charge in [0.25, 0.3) is 0 Å². The van der Waals surface area contributed by atoms with Gasteiger partial charge in [0.15, 0.2) is 11.5 Å². The Balaban J connectivity index is 1.64. The molecule has 6 heteroatoms. The molecule has 21 heavy (non-hydrogen) atoms. The molecule has 2 saturated heterocycles. The lowest BCUT2D eigenvalue weighted by Gasteiger charge is -2.21. The zero-order valence-corrected chi connectivity index (χ0v) is 12.7. The highest BCUT2D eigenvalue weighted by atomic mass is 16.5. The summed E-state index contributed by atoms with van der Waals surface area (Å²) in [6.07, 6.45) is 4.23. The van der Waals surface area contributed by atoms with E-state index in [1.807, 2.05) is 16.6 Å². The first kappa shape index (κ1) is 13.0. The highest BCUT2D eigenvalue weighted by Crippen LogP contribution is 2.35. The Kier molecular flexibility index (Phi) is 2.73. The van der Waals surface area contributed by atoms with Crippen molar-refractivity contribution in [2.75, 3.05) is 5.32 Å². The lowest BCUT2D eigenvalue weighted by atomic mass is 9.95. The van der Waals surface area contributed by atoms with Crippen LogP contribution in [-0.2, 0) is 10.2 Å². The summed E-state index contributed by atoms with van der Waals surface area (Å²) >= 11 is 0. The molecule has 2 aliphatic rings. The number of hydrogen-bond acceptors (Lipinski definition) is 5. The first-order valence-corrected chi connectivity index (χ1v) is 7.66. The number of anilines is 1. The van der Waals surface area contributed by atoms with Crippen LogP contribution in [0.25, 0.3) is 5.65 Å². The van der Waals surface area contributed by atoms with E-state index in [0.717, 1.165) is 30.1 Å². The summed E-state index contributed by atoms with van der Waals surface area (Å²) in [5.74, 6) is 1.75. The van der Waals surface area contributed by atoms with E-state index in [1.165, 1.54) is 6.42 Å². The summed E-state index contributed by atoms with van der Waals surface area (Å²) in [5.41, 5.74) is 0.704. The second-order valence-corrected chi connectivity index (χ2v) is 7.12. The van der Waals surface area contributed by atoms with Crippen molar-refractivity contribution >= 4 is 11.5 Å². The van der Waals surface area contributed by atoms with Crippen LogP contribution >= 0.6 is 0 Å². The molecule has 1 N–H and O–H groups in total. The lowest BCUT2D eigenvalue weighted by Crippen LogP contribution is -2.31. The minimum absolute atomic E-state index is 0.0828. The molecule has 0 aliphatic carbocycles. The smallest absolute Gasteiger partial charge is 0.178 e. The Bertz CT molecular complexity index is 674. The zero-order valence-electron chi connectivity index (χ0n) is 12.7. The van der Waals surface area contributed by atoms with Crippen LogP contribution in [0.5, 0.6) is 0 Å². The van der Waals surface area contributed by atoms with Gasteiger partial charge < -0.3 is 10.1 Å². The molecule has 2 unspecified atom stereocenters. The maximum atomic E-state index is 5.89. The van der Waals surface area contributed by atoms with Crippen molar-refractivity contribution in [3.8, 4) is 0 Å². The topological polar surface area (TPSA) is 64.3 Å². The standard InChI is InChI=1S/C15H21N5O/c1-15(2,3)14-18-17-13-7-6-12(19-20(13)14)16-10-8-9-4-5-11(10)21-9/h6-7,9-11H,4-5,8H2,1-3H3,(H,16,19)/t9?,10-,11?/m0/s1. The molecule has 2 aromatic heterocycles. The highest BCUT2D eigenvalue weighted by molar-refractivity contribution is 5.45. The van der Waals surface area contributed by atoms with Gasteiger partial charge in [0.2, 0.25) is 0 Å². The van der Waals surface area contributed by atoms with Gasteiger partial charge in [-0.1, -0.05) is 20.8 Å². The predicted molar refractivity (Wildman–Crippen MR) is 79.4 cm³/mol. The fourth-order valence-electron chi connectivity index (χ4n) is 3.31. The first-order chi connectivity index (χ1) is 10.0. The van der Waals surface area contributed by atoms with Gasteiger partial charge in [0.1, 0.15) is 5.82 Å². The number of fused-ring (bicyclic) bond motifs is 3. The van der Waals surface area contributed by atoms with E-state index in [4.69, 9.17) is 4.74 Å². The lowest BCUT2D eigenvalue weighted by molar-refractivity contribution is 0.102. The Morgan fingerprint density at radius 2 is 2.10 bits per heavy atom. The highest BCUT2D eigenvalue weighted by Gasteiger charge is 2.40. The van der Waals surface area contributed by atoms with Crippen LogP contribution in [0, 0.1) is 0 Å². The van der Waals surface area contributed by atoms with Gasteiger partial charge >= 0.3 is 0 Å². The predicted octanol–water partition coefficient (Wildman–Crippen LogP) is 2.15. The van der Waals surface area contributed by atoms with Crippen LogP contribution in [0.4, 0.5) is 5.82 Å². The van der Waals surface area contributed by atoms with Crippen molar-refractivity contribution in [1.29, 1.82) is 0 Å². The monoisotopic (exact) mass is 287 g/mol. The summed E-state index contributed by atoms with van der Waals surface area (Å²) < 4.78 is 7.73. The van der Waals surface area contributed by atoms with E-state index < -0.39 is 0 Å². The van der Waals surface area contributed by atoms with E-state index in [-0.39, 0.29) is 5.41 Å². The summed E-state index contributed by atoms with van der Waals surface area (Å²) in [6, 6.07) is 4.32. The van der Waals surface area contributed by atoms with Gasteiger partial charge in [-0.05, 0) is 31.4 Å². The molecule has 0 aromatic carbocycles. The summed E-state index contributed by atoms with van der Waals surface area (Å²) in [5, 5.41) is 16.7. The molecule has 112 valence electrons. The molecule has 4 heterocycles. The third-order valence-corrected chi connectivity index (χ3v) is 4.37. The molecule has 4 rings (SSSR count). The van der Waals surface area contributed by atoms with Crippen molar-refractivity contribution < 1.29 is 4.74 Å². The average Bonchev–Trinajstić information content (AvgIpc) is 3.11. The largest absolute Gasteiger partial charge is 0.373 e. The van der Waals surface area contributed by atoms with E-state index in [1.54, 1.807) is 0 Å². The SMILES string of the molecule is CC(C)(C)c1nnc2ccc(N[C@H]3CC4CCC3O4)nn12. The van der Waals surface area contributed by atoms with Crippen LogP contribution in [0.1, 0.15) is 45.9 Å². The molecular formula is C15H21N5O. The van der Waals surface area contributed by atoms with E-state index in [0.29, 0.717) is 18.2 Å². The van der Waals surface area contributed by atoms with Crippen molar-refractivity contribution in [2.24, 2.45) is 0 Å². The van der Waals surface area contributed by atoms with Crippen molar-refractivity contribution in [2.45, 2.75) is 63.7 Å². The van der Waals surface area contributed by atoms with Crippen LogP contribution in [0.15, 0.2) is 12.1 Å². The van der Waals surface area contributed by atoms with E-state index >= 15 is 0 Å². The number of aromatic nitrogens is 4. The van der Waals surface area contributed by atoms with E-state index in [2.05, 4.69) is 41.4 Å². The van der Waals surface area contributed by atoms with Crippen molar-refractivity contribution in [1.82, 2.24) is 19.8 Å². The molecule has 2 aromatic rings. The van der Waals surface area contributed by atoms with Crippen LogP contribution < -0.4 is 5.32 Å². The van der Waals surface area contributed by atoms with Gasteiger partial charge in [-0.3, -0.25) is 0 Å². The fraction of sp³-hybridized carbons (Fsp3) is 0.667. The molecule has 0 radical (unpaired) electrons. The second kappa shape index (κ2) is 4.40. The average molecular weight is 287 g/mol. The number of nitrogens with one attached hydrogen (secondary N) is 1. The van der Waals surface area contributed by atoms with Gasteiger partial charge in [0.05, 0.1) is 18.2 Å². The normalized spacial score (nSPS) is 28.4. The Hall–Kier alpha value is -1.69. The van der Waals surface area contributed by atoms with Crippen molar-refractivity contribution in [3.63, 3.8) is 0 Å². The first-order valence-electron chi connectivity index (χ1n) is 7.66. The van der Waals surface area contributed by atoms with E-state index in [9.17, 15) is 0 Å². The van der Waals surface area contributed by atoms with Crippen LogP contribution in [0.2, 0.25) is 0 Å². The molecule has 6 nitrogen and oxygen atoms in total. The van der Waals surface area contributed by atoms with Crippen LogP contribution in [0.3, 0.4) is 0 Å². The van der Waals surface area contributed by atoms with Crippen LogP contribution in [-0.4, -0.2) is 38.1 Å². The van der Waals surface area contributed by atoms with Gasteiger partial charge in [-0.2, -0.15) is 4.52 Å². The molecule has 3 atom stereocenters.